The molecule has 0 saturated heterocycles. The summed E-state index contributed by atoms with van der Waals surface area (Å²) >= 11 is 1.87. The fraction of sp³-hybridized carbons (Fsp3) is 0.389. The average Bonchev–Trinajstić information content (AvgIpc) is 2.53. The fourth-order valence-electron chi connectivity index (χ4n) is 3.08. The lowest BCUT2D eigenvalue weighted by atomic mass is 9.83. The molecule has 3 rings (SSSR count). The van der Waals surface area contributed by atoms with Gasteiger partial charge in [-0.1, -0.05) is 24.3 Å². The third kappa shape index (κ3) is 3.30. The van der Waals surface area contributed by atoms with Crippen LogP contribution in [0.1, 0.15) is 35.6 Å². The SMILES string of the molecule is Cc1ccccc1SCC(N)C1CCCc2cccnc21. The Bertz CT molecular complexity index is 612. The molecule has 3 heteroatoms. The highest BCUT2D eigenvalue weighted by Crippen LogP contribution is 2.34. The van der Waals surface area contributed by atoms with E-state index in [0.29, 0.717) is 5.92 Å². The maximum Gasteiger partial charge on any atom is 0.0482 e. The maximum atomic E-state index is 6.50. The Morgan fingerprint density at radius 3 is 3.00 bits per heavy atom. The molecule has 110 valence electrons. The summed E-state index contributed by atoms with van der Waals surface area (Å²) in [5, 5.41) is 0. The Morgan fingerprint density at radius 2 is 2.14 bits per heavy atom. The monoisotopic (exact) mass is 298 g/mol. The van der Waals surface area contributed by atoms with Gasteiger partial charge in [-0.3, -0.25) is 4.98 Å². The minimum atomic E-state index is 0.170. The topological polar surface area (TPSA) is 38.9 Å². The Balaban J connectivity index is 1.69. The average molecular weight is 298 g/mol. The normalized spacial score (nSPS) is 19.0. The van der Waals surface area contributed by atoms with E-state index in [1.54, 1.807) is 0 Å². The molecule has 2 aromatic rings. The first-order valence-corrected chi connectivity index (χ1v) is 8.62. The van der Waals surface area contributed by atoms with E-state index in [2.05, 4.69) is 42.2 Å². The molecule has 21 heavy (non-hydrogen) atoms. The number of aromatic nitrogens is 1. The molecule has 0 aliphatic heterocycles. The number of fused-ring (bicyclic) bond motifs is 1. The van der Waals surface area contributed by atoms with Gasteiger partial charge in [-0.05, 0) is 49.4 Å². The molecule has 0 amide bonds. The van der Waals surface area contributed by atoms with Crippen molar-refractivity contribution in [1.82, 2.24) is 4.98 Å². The number of hydrogen-bond donors (Lipinski definition) is 1. The zero-order valence-electron chi connectivity index (χ0n) is 12.5. The highest BCUT2D eigenvalue weighted by atomic mass is 32.2. The number of benzene rings is 1. The van der Waals surface area contributed by atoms with Gasteiger partial charge in [-0.25, -0.2) is 0 Å². The smallest absolute Gasteiger partial charge is 0.0482 e. The lowest BCUT2D eigenvalue weighted by Gasteiger charge is -2.29. The minimum Gasteiger partial charge on any atom is -0.326 e. The summed E-state index contributed by atoms with van der Waals surface area (Å²) in [7, 11) is 0. The first-order valence-electron chi connectivity index (χ1n) is 7.63. The van der Waals surface area contributed by atoms with E-state index in [9.17, 15) is 0 Å². The third-order valence-corrected chi connectivity index (χ3v) is 5.60. The van der Waals surface area contributed by atoms with E-state index in [-0.39, 0.29) is 6.04 Å². The van der Waals surface area contributed by atoms with Crippen LogP contribution in [0.4, 0.5) is 0 Å². The highest BCUT2D eigenvalue weighted by molar-refractivity contribution is 7.99. The minimum absolute atomic E-state index is 0.170. The number of hydrogen-bond acceptors (Lipinski definition) is 3. The second-order valence-electron chi connectivity index (χ2n) is 5.79. The molecule has 1 heterocycles. The molecule has 0 radical (unpaired) electrons. The van der Waals surface area contributed by atoms with Gasteiger partial charge in [0.2, 0.25) is 0 Å². The van der Waals surface area contributed by atoms with Gasteiger partial charge in [0.1, 0.15) is 0 Å². The van der Waals surface area contributed by atoms with Crippen LogP contribution >= 0.6 is 11.8 Å². The molecular weight excluding hydrogens is 276 g/mol. The molecule has 0 bridgehead atoms. The number of nitrogens with zero attached hydrogens (tertiary/aromatic N) is 1. The van der Waals surface area contributed by atoms with Crippen molar-refractivity contribution < 1.29 is 0 Å². The predicted molar refractivity (Wildman–Crippen MR) is 89.8 cm³/mol. The van der Waals surface area contributed by atoms with Gasteiger partial charge in [0.25, 0.3) is 0 Å². The molecule has 0 saturated carbocycles. The maximum absolute atomic E-state index is 6.50. The van der Waals surface area contributed by atoms with E-state index in [1.807, 2.05) is 24.0 Å². The van der Waals surface area contributed by atoms with E-state index >= 15 is 0 Å². The standard InChI is InChI=1S/C18H22N2S/c1-13-6-2-3-10-17(13)21-12-16(19)15-9-4-7-14-8-5-11-20-18(14)15/h2-3,5-6,8,10-11,15-16H,4,7,9,12,19H2,1H3. The summed E-state index contributed by atoms with van der Waals surface area (Å²) in [6.45, 7) is 2.16. The second kappa shape index (κ2) is 6.63. The van der Waals surface area contributed by atoms with E-state index in [4.69, 9.17) is 5.73 Å². The van der Waals surface area contributed by atoms with E-state index in [0.717, 1.165) is 12.2 Å². The molecule has 1 aliphatic rings. The van der Waals surface area contributed by atoms with Crippen molar-refractivity contribution in [2.45, 2.75) is 43.0 Å². The number of pyridine rings is 1. The van der Waals surface area contributed by atoms with Gasteiger partial charge in [0.05, 0.1) is 0 Å². The molecule has 2 unspecified atom stereocenters. The van der Waals surface area contributed by atoms with Crippen LogP contribution in [0.5, 0.6) is 0 Å². The highest BCUT2D eigenvalue weighted by Gasteiger charge is 2.26. The molecule has 1 aliphatic carbocycles. The Labute approximate surface area is 131 Å². The molecule has 1 aromatic carbocycles. The zero-order valence-corrected chi connectivity index (χ0v) is 13.3. The van der Waals surface area contributed by atoms with Crippen LogP contribution in [0, 0.1) is 6.92 Å². The lowest BCUT2D eigenvalue weighted by molar-refractivity contribution is 0.477. The van der Waals surface area contributed by atoms with Crippen LogP contribution in [0.3, 0.4) is 0 Å². The van der Waals surface area contributed by atoms with Crippen molar-refractivity contribution in [3.8, 4) is 0 Å². The second-order valence-corrected chi connectivity index (χ2v) is 6.85. The molecule has 0 fully saturated rings. The van der Waals surface area contributed by atoms with Gasteiger partial charge in [0.15, 0.2) is 0 Å². The van der Waals surface area contributed by atoms with Crippen LogP contribution < -0.4 is 5.73 Å². The first-order chi connectivity index (χ1) is 10.3. The van der Waals surface area contributed by atoms with Crippen LogP contribution in [0.25, 0.3) is 0 Å². The van der Waals surface area contributed by atoms with Crippen molar-refractivity contribution in [3.05, 3.63) is 59.4 Å². The fourth-order valence-corrected chi connectivity index (χ4v) is 4.16. The number of nitrogens with two attached hydrogens (primary N) is 1. The zero-order chi connectivity index (χ0) is 14.7. The van der Waals surface area contributed by atoms with Gasteiger partial charge in [-0.15, -0.1) is 11.8 Å². The lowest BCUT2D eigenvalue weighted by Crippen LogP contribution is -2.33. The van der Waals surface area contributed by atoms with Crippen LogP contribution in [0.2, 0.25) is 0 Å². The molecule has 1 aromatic heterocycles. The molecule has 2 atom stereocenters. The summed E-state index contributed by atoms with van der Waals surface area (Å²) in [6.07, 6.45) is 5.45. The van der Waals surface area contributed by atoms with Crippen LogP contribution in [-0.2, 0) is 6.42 Å². The summed E-state index contributed by atoms with van der Waals surface area (Å²) in [4.78, 5) is 5.94. The number of thioether (sulfide) groups is 1. The predicted octanol–water partition coefficient (Wildman–Crippen LogP) is 3.93. The number of rotatable bonds is 4. The van der Waals surface area contributed by atoms with Gasteiger partial charge in [0, 0.05) is 34.5 Å². The molecular formula is C18H22N2S. The van der Waals surface area contributed by atoms with Gasteiger partial charge >= 0.3 is 0 Å². The largest absolute Gasteiger partial charge is 0.326 e. The van der Waals surface area contributed by atoms with Crippen molar-refractivity contribution in [3.63, 3.8) is 0 Å². The summed E-state index contributed by atoms with van der Waals surface area (Å²) < 4.78 is 0. The third-order valence-electron chi connectivity index (χ3n) is 4.28. The molecule has 2 N–H and O–H groups in total. The van der Waals surface area contributed by atoms with Gasteiger partial charge in [-0.2, -0.15) is 0 Å². The van der Waals surface area contributed by atoms with Crippen molar-refractivity contribution in [2.75, 3.05) is 5.75 Å². The quantitative estimate of drug-likeness (QED) is 0.869. The molecule has 2 nitrogen and oxygen atoms in total. The van der Waals surface area contributed by atoms with Gasteiger partial charge < -0.3 is 5.73 Å². The van der Waals surface area contributed by atoms with E-state index < -0.39 is 0 Å². The van der Waals surface area contributed by atoms with Crippen molar-refractivity contribution in [1.29, 1.82) is 0 Å². The van der Waals surface area contributed by atoms with Crippen LogP contribution in [0.15, 0.2) is 47.5 Å². The first kappa shape index (κ1) is 14.6. The number of aryl methyl sites for hydroxylation is 2. The summed E-state index contributed by atoms with van der Waals surface area (Å²) in [6, 6.07) is 12.9. The Hall–Kier alpha value is -1.32. The van der Waals surface area contributed by atoms with Crippen molar-refractivity contribution >= 4 is 11.8 Å². The Kier molecular flexibility index (Phi) is 4.61. The summed E-state index contributed by atoms with van der Waals surface area (Å²) in [5.74, 6) is 1.36. The van der Waals surface area contributed by atoms with E-state index in [1.165, 1.54) is 34.6 Å². The summed E-state index contributed by atoms with van der Waals surface area (Å²) in [5.41, 5.74) is 10.5. The molecule has 0 spiro atoms. The van der Waals surface area contributed by atoms with Crippen LogP contribution in [-0.4, -0.2) is 16.8 Å². The Morgan fingerprint density at radius 1 is 1.29 bits per heavy atom. The van der Waals surface area contributed by atoms with Crippen molar-refractivity contribution in [2.24, 2.45) is 5.73 Å².